The molecule has 2 aromatic rings. The summed E-state index contributed by atoms with van der Waals surface area (Å²) in [6, 6.07) is 9.42. The van der Waals surface area contributed by atoms with Crippen LogP contribution in [-0.4, -0.2) is 16.9 Å². The van der Waals surface area contributed by atoms with Gasteiger partial charge in [-0.25, -0.2) is 0 Å². The molecule has 2 saturated carbocycles. The van der Waals surface area contributed by atoms with Gasteiger partial charge < -0.3 is 14.5 Å². The highest BCUT2D eigenvalue weighted by Crippen LogP contribution is 2.49. The molecule has 1 heterocycles. The first kappa shape index (κ1) is 18.5. The van der Waals surface area contributed by atoms with Crippen LogP contribution in [0.15, 0.2) is 40.8 Å². The van der Waals surface area contributed by atoms with E-state index in [-0.39, 0.29) is 30.0 Å². The zero-order valence-electron chi connectivity index (χ0n) is 15.8. The lowest BCUT2D eigenvalue weighted by molar-refractivity contribution is -0.384. The first-order chi connectivity index (χ1) is 13.5. The Kier molecular flexibility index (Phi) is 5.07. The molecule has 28 heavy (non-hydrogen) atoms. The molecule has 148 valence electrons. The fourth-order valence-corrected chi connectivity index (χ4v) is 4.71. The number of rotatable bonds is 7. The molecule has 0 unspecified atom stereocenters. The Morgan fingerprint density at radius 2 is 2.18 bits per heavy atom. The molecular weight excluding hydrogens is 360 g/mol. The summed E-state index contributed by atoms with van der Waals surface area (Å²) in [6.07, 6.45) is 5.15. The Labute approximate surface area is 163 Å². The molecule has 1 N–H and O–H groups in total. The van der Waals surface area contributed by atoms with E-state index in [2.05, 4.69) is 12.2 Å². The number of nitrogens with zero attached hydrogens (tertiary/aromatic N) is 1. The largest absolute Gasteiger partial charge is 0.485 e. The van der Waals surface area contributed by atoms with Crippen molar-refractivity contribution in [1.82, 2.24) is 5.32 Å². The lowest BCUT2D eigenvalue weighted by Gasteiger charge is -2.28. The standard InChI is InChI=1S/C21H24N2O5/c1-13(19-10-14-5-6-15(19)9-14)22-21(24)20-8-7-18(28-20)12-27-17-4-2-3-16(11-17)23(25)26/h2-4,7-8,11,13-15,19H,5-6,9-10,12H2,1H3,(H,22,24)/t13-,14-,15-,19+/m0/s1. The number of amides is 1. The van der Waals surface area contributed by atoms with Crippen molar-refractivity contribution < 1.29 is 18.9 Å². The second kappa shape index (κ2) is 7.66. The van der Waals surface area contributed by atoms with Crippen molar-refractivity contribution in [2.24, 2.45) is 17.8 Å². The topological polar surface area (TPSA) is 94.6 Å². The van der Waals surface area contributed by atoms with E-state index in [0.29, 0.717) is 17.4 Å². The van der Waals surface area contributed by atoms with E-state index >= 15 is 0 Å². The minimum Gasteiger partial charge on any atom is -0.485 e. The highest BCUT2D eigenvalue weighted by atomic mass is 16.6. The molecule has 2 bridgehead atoms. The van der Waals surface area contributed by atoms with Crippen LogP contribution in [0.25, 0.3) is 0 Å². The van der Waals surface area contributed by atoms with Gasteiger partial charge in [-0.05, 0) is 62.1 Å². The number of fused-ring (bicyclic) bond motifs is 2. The van der Waals surface area contributed by atoms with Crippen LogP contribution in [0.1, 0.15) is 48.9 Å². The van der Waals surface area contributed by atoms with Gasteiger partial charge in [0, 0.05) is 12.1 Å². The van der Waals surface area contributed by atoms with Crippen LogP contribution in [0.3, 0.4) is 0 Å². The van der Waals surface area contributed by atoms with E-state index < -0.39 is 4.92 Å². The molecule has 0 radical (unpaired) electrons. The van der Waals surface area contributed by atoms with Crippen molar-refractivity contribution >= 4 is 11.6 Å². The number of benzene rings is 1. The minimum absolute atomic E-state index is 0.0355. The Hall–Kier alpha value is -2.83. The SMILES string of the molecule is C[C@H](NC(=O)c1ccc(COc2cccc([N+](=O)[O-])c2)o1)[C@H]1C[C@H]2CC[C@H]1C2. The number of carbonyl (C=O) groups excluding carboxylic acids is 1. The van der Waals surface area contributed by atoms with Crippen molar-refractivity contribution in [2.45, 2.75) is 45.3 Å². The quantitative estimate of drug-likeness (QED) is 0.567. The van der Waals surface area contributed by atoms with Crippen molar-refractivity contribution in [3.05, 3.63) is 58.0 Å². The number of nitro benzene ring substituents is 1. The molecule has 4 rings (SSSR count). The van der Waals surface area contributed by atoms with Gasteiger partial charge in [0.15, 0.2) is 5.76 Å². The smallest absolute Gasteiger partial charge is 0.287 e. The number of ether oxygens (including phenoxy) is 1. The normalized spacial score (nSPS) is 24.1. The van der Waals surface area contributed by atoms with Crippen LogP contribution in [-0.2, 0) is 6.61 Å². The fraction of sp³-hybridized carbons (Fsp3) is 0.476. The third kappa shape index (κ3) is 3.88. The molecule has 1 aromatic heterocycles. The van der Waals surface area contributed by atoms with Gasteiger partial charge in [0.2, 0.25) is 0 Å². The monoisotopic (exact) mass is 384 g/mol. The van der Waals surface area contributed by atoms with Crippen molar-refractivity contribution in [2.75, 3.05) is 0 Å². The van der Waals surface area contributed by atoms with Crippen molar-refractivity contribution in [3.63, 3.8) is 0 Å². The minimum atomic E-state index is -0.473. The van der Waals surface area contributed by atoms with Crippen molar-refractivity contribution in [1.29, 1.82) is 0 Å². The maximum Gasteiger partial charge on any atom is 0.287 e. The third-order valence-corrected chi connectivity index (χ3v) is 6.09. The Balaban J connectivity index is 1.31. The summed E-state index contributed by atoms with van der Waals surface area (Å²) in [5, 5.41) is 13.9. The van der Waals surface area contributed by atoms with Gasteiger partial charge in [-0.2, -0.15) is 0 Å². The van der Waals surface area contributed by atoms with E-state index in [1.165, 1.54) is 37.8 Å². The predicted molar refractivity (Wildman–Crippen MR) is 102 cm³/mol. The average molecular weight is 384 g/mol. The van der Waals surface area contributed by atoms with E-state index in [1.807, 2.05) is 0 Å². The van der Waals surface area contributed by atoms with Crippen LogP contribution >= 0.6 is 0 Å². The molecule has 0 aliphatic heterocycles. The molecule has 7 nitrogen and oxygen atoms in total. The Morgan fingerprint density at radius 1 is 1.32 bits per heavy atom. The molecule has 2 aliphatic carbocycles. The van der Waals surface area contributed by atoms with Crippen LogP contribution in [0.2, 0.25) is 0 Å². The molecule has 1 aromatic carbocycles. The number of carbonyl (C=O) groups is 1. The Bertz CT molecular complexity index is 877. The second-order valence-electron chi connectivity index (χ2n) is 7.91. The van der Waals surface area contributed by atoms with E-state index in [9.17, 15) is 14.9 Å². The lowest BCUT2D eigenvalue weighted by atomic mass is 9.84. The second-order valence-corrected chi connectivity index (χ2v) is 7.91. The van der Waals surface area contributed by atoms with Gasteiger partial charge in [0.05, 0.1) is 11.0 Å². The first-order valence-electron chi connectivity index (χ1n) is 9.76. The molecule has 2 aliphatic rings. The highest BCUT2D eigenvalue weighted by molar-refractivity contribution is 5.91. The van der Waals surface area contributed by atoms with Gasteiger partial charge in [0.25, 0.3) is 11.6 Å². The predicted octanol–water partition coefficient (Wildman–Crippen LogP) is 4.32. The summed E-state index contributed by atoms with van der Waals surface area (Å²) >= 11 is 0. The third-order valence-electron chi connectivity index (χ3n) is 6.09. The van der Waals surface area contributed by atoms with Crippen LogP contribution in [0.4, 0.5) is 5.69 Å². The Morgan fingerprint density at radius 3 is 2.89 bits per heavy atom. The van der Waals surface area contributed by atoms with Gasteiger partial charge in [-0.15, -0.1) is 0 Å². The fourth-order valence-electron chi connectivity index (χ4n) is 4.71. The van der Waals surface area contributed by atoms with Crippen LogP contribution < -0.4 is 10.1 Å². The highest BCUT2D eigenvalue weighted by Gasteiger charge is 2.42. The zero-order chi connectivity index (χ0) is 19.7. The number of hydrogen-bond donors (Lipinski definition) is 1. The van der Waals surface area contributed by atoms with Crippen LogP contribution in [0.5, 0.6) is 5.75 Å². The van der Waals surface area contributed by atoms with Crippen LogP contribution in [0, 0.1) is 27.9 Å². The summed E-state index contributed by atoms with van der Waals surface area (Å²) in [7, 11) is 0. The van der Waals surface area contributed by atoms with Gasteiger partial charge in [-0.1, -0.05) is 12.5 Å². The van der Waals surface area contributed by atoms with Gasteiger partial charge >= 0.3 is 0 Å². The lowest BCUT2D eigenvalue weighted by Crippen LogP contribution is -2.40. The molecule has 0 spiro atoms. The maximum absolute atomic E-state index is 12.5. The van der Waals surface area contributed by atoms with E-state index in [4.69, 9.17) is 9.15 Å². The number of hydrogen-bond acceptors (Lipinski definition) is 5. The molecule has 4 atom stereocenters. The summed E-state index contributed by atoms with van der Waals surface area (Å²) in [5.41, 5.74) is -0.0355. The first-order valence-corrected chi connectivity index (χ1v) is 9.76. The number of non-ortho nitro benzene ring substituents is 1. The summed E-state index contributed by atoms with van der Waals surface area (Å²) in [4.78, 5) is 22.8. The molecule has 2 fully saturated rings. The summed E-state index contributed by atoms with van der Waals surface area (Å²) < 4.78 is 11.1. The molecule has 7 heteroatoms. The van der Waals surface area contributed by atoms with Gasteiger partial charge in [0.1, 0.15) is 18.1 Å². The molecular formula is C21H24N2O5. The number of furan rings is 1. The number of nitrogens with one attached hydrogen (secondary N) is 1. The molecule has 1 amide bonds. The van der Waals surface area contributed by atoms with E-state index in [0.717, 1.165) is 11.8 Å². The number of nitro groups is 1. The maximum atomic E-state index is 12.5. The van der Waals surface area contributed by atoms with E-state index in [1.54, 1.807) is 24.3 Å². The zero-order valence-corrected chi connectivity index (χ0v) is 15.8. The van der Waals surface area contributed by atoms with Crippen molar-refractivity contribution in [3.8, 4) is 5.75 Å². The molecule has 0 saturated heterocycles. The average Bonchev–Trinajstić information content (AvgIpc) is 3.43. The van der Waals surface area contributed by atoms with Gasteiger partial charge in [-0.3, -0.25) is 14.9 Å². The summed E-state index contributed by atoms with van der Waals surface area (Å²) in [6.45, 7) is 2.18. The summed E-state index contributed by atoms with van der Waals surface area (Å²) in [5.74, 6) is 3.07.